The summed E-state index contributed by atoms with van der Waals surface area (Å²) in [7, 11) is 0. The van der Waals surface area contributed by atoms with Crippen LogP contribution in [0.3, 0.4) is 0 Å². The first-order chi connectivity index (χ1) is 6.29. The molecule has 0 atom stereocenters. The largest absolute Gasteiger partial charge is 0.805 e. The Balaban J connectivity index is 2.53. The fraction of sp³-hybridized carbons (Fsp3) is 0.100. The van der Waals surface area contributed by atoms with Crippen LogP contribution in [0.5, 0.6) is 0 Å². The van der Waals surface area contributed by atoms with Gasteiger partial charge in [-0.05, 0) is 31.2 Å². The lowest BCUT2D eigenvalue weighted by molar-refractivity contribution is 1.03. The van der Waals surface area contributed by atoms with Gasteiger partial charge in [-0.2, -0.15) is 0 Å². The molecular formula is C10H9N2O-. The molecule has 0 amide bonds. The molecule has 0 fully saturated rings. The van der Waals surface area contributed by atoms with Crippen molar-refractivity contribution >= 4 is 0 Å². The third-order valence-corrected chi connectivity index (χ3v) is 1.95. The van der Waals surface area contributed by atoms with Gasteiger partial charge in [0.15, 0.2) is 0 Å². The zero-order chi connectivity index (χ0) is 9.26. The van der Waals surface area contributed by atoms with Crippen LogP contribution in [-0.4, -0.2) is 9.71 Å². The average Bonchev–Trinajstić information content (AvgIpc) is 2.49. The Morgan fingerprint density at radius 2 is 2.08 bits per heavy atom. The number of aromatic nitrogens is 2. The number of pyridine rings is 1. The van der Waals surface area contributed by atoms with E-state index in [2.05, 4.69) is 4.98 Å². The highest BCUT2D eigenvalue weighted by Gasteiger charge is 2.00. The zero-order valence-electron chi connectivity index (χ0n) is 7.27. The molecule has 0 unspecified atom stereocenters. The summed E-state index contributed by atoms with van der Waals surface area (Å²) in [5, 5.41) is 11.4. The second-order valence-corrected chi connectivity index (χ2v) is 2.87. The number of rotatable bonds is 1. The van der Waals surface area contributed by atoms with E-state index in [9.17, 15) is 5.21 Å². The van der Waals surface area contributed by atoms with Gasteiger partial charge in [-0.3, -0.25) is 4.98 Å². The molecule has 13 heavy (non-hydrogen) atoms. The maximum absolute atomic E-state index is 11.4. The van der Waals surface area contributed by atoms with E-state index in [4.69, 9.17) is 0 Å². The van der Waals surface area contributed by atoms with Crippen molar-refractivity contribution in [2.24, 2.45) is 0 Å². The third kappa shape index (κ3) is 1.28. The Kier molecular flexibility index (Phi) is 1.77. The number of nitrogens with zero attached hydrogens (tertiary/aromatic N) is 2. The first-order valence-electron chi connectivity index (χ1n) is 4.06. The van der Waals surface area contributed by atoms with Crippen molar-refractivity contribution in [1.29, 1.82) is 0 Å². The fourth-order valence-corrected chi connectivity index (χ4v) is 1.23. The van der Waals surface area contributed by atoms with Crippen LogP contribution in [0.2, 0.25) is 0 Å². The summed E-state index contributed by atoms with van der Waals surface area (Å²) in [6.45, 7) is 1.78. The Hall–Kier alpha value is -1.77. The fourth-order valence-electron chi connectivity index (χ4n) is 1.23. The van der Waals surface area contributed by atoms with Gasteiger partial charge in [-0.25, -0.2) is 0 Å². The van der Waals surface area contributed by atoms with Gasteiger partial charge in [-0.15, -0.1) is 0 Å². The molecule has 2 aromatic heterocycles. The van der Waals surface area contributed by atoms with Crippen molar-refractivity contribution in [2.45, 2.75) is 6.92 Å². The Morgan fingerprint density at radius 3 is 2.62 bits per heavy atom. The van der Waals surface area contributed by atoms with Crippen LogP contribution in [0.4, 0.5) is 0 Å². The van der Waals surface area contributed by atoms with Gasteiger partial charge in [0, 0.05) is 11.9 Å². The molecule has 0 N–H and O–H groups in total. The van der Waals surface area contributed by atoms with Crippen molar-refractivity contribution in [3.8, 4) is 11.4 Å². The highest BCUT2D eigenvalue weighted by molar-refractivity contribution is 5.56. The summed E-state index contributed by atoms with van der Waals surface area (Å²) in [5.41, 5.74) is 2.02. The van der Waals surface area contributed by atoms with Gasteiger partial charge >= 0.3 is 0 Å². The minimum atomic E-state index is 0.609. The normalized spacial score (nSPS) is 10.2. The van der Waals surface area contributed by atoms with E-state index in [0.29, 0.717) is 17.1 Å². The van der Waals surface area contributed by atoms with Crippen molar-refractivity contribution in [3.05, 3.63) is 47.4 Å². The quantitative estimate of drug-likeness (QED) is 0.663. The van der Waals surface area contributed by atoms with Gasteiger partial charge in [0.1, 0.15) is 0 Å². The molecule has 3 nitrogen and oxygen atoms in total. The summed E-state index contributed by atoms with van der Waals surface area (Å²) < 4.78 is 0.891. The zero-order valence-corrected chi connectivity index (χ0v) is 7.27. The lowest BCUT2D eigenvalue weighted by Crippen LogP contribution is -1.92. The lowest BCUT2D eigenvalue weighted by Gasteiger charge is -2.14. The van der Waals surface area contributed by atoms with Crippen LogP contribution < -0.4 is 0 Å². The van der Waals surface area contributed by atoms with Crippen molar-refractivity contribution in [1.82, 2.24) is 9.71 Å². The average molecular weight is 173 g/mol. The van der Waals surface area contributed by atoms with Gasteiger partial charge in [0.2, 0.25) is 0 Å². The molecule has 3 heteroatoms. The molecule has 0 saturated heterocycles. The second-order valence-electron chi connectivity index (χ2n) is 2.87. The van der Waals surface area contributed by atoms with Crippen LogP contribution in [0.1, 0.15) is 5.69 Å². The molecule has 0 radical (unpaired) electrons. The number of aryl methyl sites for hydroxylation is 1. The molecule has 0 aliphatic rings. The second kappa shape index (κ2) is 2.94. The highest BCUT2D eigenvalue weighted by atomic mass is 16.5. The Morgan fingerprint density at radius 1 is 1.23 bits per heavy atom. The smallest absolute Gasteiger partial charge is 0.0863 e. The van der Waals surface area contributed by atoms with Gasteiger partial charge < -0.3 is 9.94 Å². The molecule has 0 bridgehead atoms. The van der Waals surface area contributed by atoms with Crippen LogP contribution in [0, 0.1) is 12.1 Å². The van der Waals surface area contributed by atoms with Gasteiger partial charge in [0.25, 0.3) is 0 Å². The van der Waals surface area contributed by atoms with Gasteiger partial charge in [-0.1, -0.05) is 6.07 Å². The SMILES string of the molecule is Cc1ccc(-c2ccccn2)n1[O-]. The third-order valence-electron chi connectivity index (χ3n) is 1.95. The van der Waals surface area contributed by atoms with E-state index in [1.54, 1.807) is 25.3 Å². The topological polar surface area (TPSA) is 40.9 Å². The molecule has 2 heterocycles. The van der Waals surface area contributed by atoms with E-state index in [0.717, 1.165) is 4.73 Å². The molecular weight excluding hydrogens is 164 g/mol. The molecule has 0 aromatic carbocycles. The van der Waals surface area contributed by atoms with Crippen LogP contribution in [0.25, 0.3) is 11.4 Å². The van der Waals surface area contributed by atoms with E-state index in [1.807, 2.05) is 18.2 Å². The van der Waals surface area contributed by atoms with Crippen molar-refractivity contribution in [3.63, 3.8) is 0 Å². The molecule has 0 aliphatic heterocycles. The van der Waals surface area contributed by atoms with E-state index in [-0.39, 0.29) is 0 Å². The van der Waals surface area contributed by atoms with Crippen molar-refractivity contribution < 1.29 is 0 Å². The highest BCUT2D eigenvalue weighted by Crippen LogP contribution is 2.18. The molecule has 2 aromatic rings. The number of hydrogen-bond donors (Lipinski definition) is 0. The van der Waals surface area contributed by atoms with Crippen LogP contribution >= 0.6 is 0 Å². The predicted octanol–water partition coefficient (Wildman–Crippen LogP) is 2.20. The Bertz CT molecular complexity index is 406. The molecule has 0 aliphatic carbocycles. The summed E-state index contributed by atoms with van der Waals surface area (Å²) in [5.74, 6) is 0. The molecule has 0 saturated carbocycles. The molecule has 2 rings (SSSR count). The number of hydrogen-bond acceptors (Lipinski definition) is 2. The maximum atomic E-state index is 11.4. The summed E-state index contributed by atoms with van der Waals surface area (Å²) in [6.07, 6.45) is 1.68. The van der Waals surface area contributed by atoms with E-state index in [1.165, 1.54) is 0 Å². The molecule has 0 spiro atoms. The van der Waals surface area contributed by atoms with Crippen LogP contribution in [0.15, 0.2) is 36.5 Å². The predicted molar refractivity (Wildman–Crippen MR) is 51.2 cm³/mol. The van der Waals surface area contributed by atoms with E-state index >= 15 is 0 Å². The van der Waals surface area contributed by atoms with E-state index < -0.39 is 0 Å². The monoisotopic (exact) mass is 173 g/mol. The van der Waals surface area contributed by atoms with Crippen LogP contribution in [-0.2, 0) is 0 Å². The minimum absolute atomic E-state index is 0.609. The summed E-state index contributed by atoms with van der Waals surface area (Å²) in [6, 6.07) is 9.09. The van der Waals surface area contributed by atoms with Gasteiger partial charge in [0.05, 0.1) is 11.4 Å². The standard InChI is InChI=1S/C10H9N2O/c1-8-5-6-10(12(8)13)9-4-2-3-7-11-9/h2-7H,1H3/q-1. The minimum Gasteiger partial charge on any atom is -0.805 e. The van der Waals surface area contributed by atoms with Crippen molar-refractivity contribution in [2.75, 3.05) is 0 Å². The summed E-state index contributed by atoms with van der Waals surface area (Å²) in [4.78, 5) is 4.10. The first kappa shape index (κ1) is 7.86. The first-order valence-corrected chi connectivity index (χ1v) is 4.06. The maximum Gasteiger partial charge on any atom is 0.0863 e. The molecule has 66 valence electrons. The Labute approximate surface area is 76.2 Å². The lowest BCUT2D eigenvalue weighted by atomic mass is 10.3. The summed E-state index contributed by atoms with van der Waals surface area (Å²) >= 11 is 0.